The highest BCUT2D eigenvalue weighted by molar-refractivity contribution is 7.47. The van der Waals surface area contributed by atoms with E-state index >= 15 is 0 Å². The third kappa shape index (κ3) is 40.2. The van der Waals surface area contributed by atoms with Crippen molar-refractivity contribution in [3.63, 3.8) is 0 Å². The molecule has 0 radical (unpaired) electrons. The second kappa shape index (κ2) is 39.7. The van der Waals surface area contributed by atoms with E-state index in [-0.39, 0.29) is 44.0 Å². The van der Waals surface area contributed by atoms with E-state index in [9.17, 15) is 23.8 Å². The van der Waals surface area contributed by atoms with Crippen LogP contribution in [0.15, 0.2) is 0 Å². The zero-order valence-corrected chi connectivity index (χ0v) is 36.3. The summed E-state index contributed by atoms with van der Waals surface area (Å²) >= 11 is 0. The smallest absolute Gasteiger partial charge is 0.354 e. The van der Waals surface area contributed by atoms with E-state index in [0.717, 1.165) is 38.5 Å². The van der Waals surface area contributed by atoms with Crippen LogP contribution in [0, 0.1) is 0 Å². The maximum Gasteiger partial charge on any atom is 0.472 e. The summed E-state index contributed by atoms with van der Waals surface area (Å²) in [7, 11) is -4.41. The average Bonchev–Trinajstić information content (AvgIpc) is 3.14. The molecule has 0 aromatic heterocycles. The van der Waals surface area contributed by atoms with Gasteiger partial charge in [-0.05, 0) is 12.8 Å². The second-order valence-corrected chi connectivity index (χ2v) is 17.0. The van der Waals surface area contributed by atoms with Crippen molar-refractivity contribution in [1.29, 1.82) is 0 Å². The predicted molar refractivity (Wildman–Crippen MR) is 224 cm³/mol. The molecule has 0 spiro atoms. The zero-order chi connectivity index (χ0) is 39.8. The fourth-order valence-electron chi connectivity index (χ4n) is 6.70. The van der Waals surface area contributed by atoms with Gasteiger partial charge in [-0.1, -0.05) is 194 Å². The summed E-state index contributed by atoms with van der Waals surface area (Å²) in [6.07, 6.45) is 38.5. The molecule has 0 bridgehead atoms. The van der Waals surface area contributed by atoms with Crippen molar-refractivity contribution >= 4 is 25.5 Å². The van der Waals surface area contributed by atoms with E-state index in [1.54, 1.807) is 0 Å². The Labute approximate surface area is 332 Å². The molecule has 0 aliphatic rings. The van der Waals surface area contributed by atoms with Crippen LogP contribution in [0.5, 0.6) is 0 Å². The van der Waals surface area contributed by atoms with Gasteiger partial charge in [0.2, 0.25) is 17.7 Å². The molecule has 0 aromatic rings. The lowest BCUT2D eigenvalue weighted by Gasteiger charge is -2.21. The summed E-state index contributed by atoms with van der Waals surface area (Å²) in [5, 5.41) is 8.23. The Bertz CT molecular complexity index is 923. The highest BCUT2D eigenvalue weighted by atomic mass is 31.2. The summed E-state index contributed by atoms with van der Waals surface area (Å²) in [5.74, 6) is -0.552. The maximum atomic E-state index is 12.8. The number of hydrogen-bond acceptors (Lipinski definition) is 6. The molecule has 0 aliphatic carbocycles. The number of phosphoric acid groups is 1. The Morgan fingerprint density at radius 2 is 0.870 bits per heavy atom. The highest BCUT2D eigenvalue weighted by Crippen LogP contribution is 2.42. The van der Waals surface area contributed by atoms with Crippen LogP contribution in [0.3, 0.4) is 0 Å². The molecule has 4 N–H and O–H groups in total. The van der Waals surface area contributed by atoms with Gasteiger partial charge in [0.05, 0.1) is 19.3 Å². The topological polar surface area (TPSA) is 143 Å². The van der Waals surface area contributed by atoms with E-state index in [0.29, 0.717) is 12.8 Å². The summed E-state index contributed by atoms with van der Waals surface area (Å²) in [6, 6.07) is -0.682. The quantitative estimate of drug-likeness (QED) is 0.0356. The zero-order valence-electron chi connectivity index (χ0n) is 35.4. The standard InChI is InChI=1S/C43H86N3O7P/c1-4-6-8-10-12-14-16-18-20-22-24-26-28-30-32-34-42(48)45-38-41(39-53-54(50,51)52-37-36-44-40(3)47)46-43(49)35-33-31-29-27-25-23-21-19-17-15-13-11-9-7-5-2/h41H,4-39H2,1-3H3,(H,44,47)(H,45,48)(H,46,49)(H,50,51)/t41-/m1/s1. The van der Waals surface area contributed by atoms with Gasteiger partial charge in [0.15, 0.2) is 0 Å². The van der Waals surface area contributed by atoms with Gasteiger partial charge < -0.3 is 20.8 Å². The fraction of sp³-hybridized carbons (Fsp3) is 0.930. The van der Waals surface area contributed by atoms with Crippen LogP contribution in [0.2, 0.25) is 0 Å². The normalized spacial score (nSPS) is 13.0. The van der Waals surface area contributed by atoms with Crippen molar-refractivity contribution in [2.45, 2.75) is 232 Å². The third-order valence-electron chi connectivity index (χ3n) is 10.1. The number of phosphoric ester groups is 1. The van der Waals surface area contributed by atoms with E-state index in [1.165, 1.54) is 161 Å². The lowest BCUT2D eigenvalue weighted by molar-refractivity contribution is -0.124. The van der Waals surface area contributed by atoms with Gasteiger partial charge in [0, 0.05) is 32.9 Å². The molecule has 0 aliphatic heterocycles. The van der Waals surface area contributed by atoms with Gasteiger partial charge in [-0.2, -0.15) is 0 Å². The van der Waals surface area contributed by atoms with Crippen LogP contribution in [0.1, 0.15) is 226 Å². The van der Waals surface area contributed by atoms with Crippen molar-refractivity contribution < 1.29 is 32.9 Å². The first-order valence-electron chi connectivity index (χ1n) is 22.6. The fourth-order valence-corrected chi connectivity index (χ4v) is 7.47. The van der Waals surface area contributed by atoms with Gasteiger partial charge >= 0.3 is 7.82 Å². The first-order valence-corrected chi connectivity index (χ1v) is 24.1. The van der Waals surface area contributed by atoms with Crippen LogP contribution in [0.4, 0.5) is 0 Å². The number of carbonyl (C=O) groups excluding carboxylic acids is 3. The van der Waals surface area contributed by atoms with Gasteiger partial charge in [-0.15, -0.1) is 0 Å². The molecule has 3 amide bonds. The van der Waals surface area contributed by atoms with E-state index < -0.39 is 13.9 Å². The van der Waals surface area contributed by atoms with Crippen LogP contribution < -0.4 is 16.0 Å². The minimum absolute atomic E-state index is 0.0675. The highest BCUT2D eigenvalue weighted by Gasteiger charge is 2.24. The molecule has 0 saturated heterocycles. The Morgan fingerprint density at radius 1 is 0.519 bits per heavy atom. The van der Waals surface area contributed by atoms with Gasteiger partial charge in [-0.3, -0.25) is 23.4 Å². The van der Waals surface area contributed by atoms with Crippen molar-refractivity contribution in [2.24, 2.45) is 0 Å². The monoisotopic (exact) mass is 788 g/mol. The van der Waals surface area contributed by atoms with Crippen molar-refractivity contribution in [2.75, 3.05) is 26.3 Å². The van der Waals surface area contributed by atoms with Crippen LogP contribution in [-0.2, 0) is 28.0 Å². The van der Waals surface area contributed by atoms with Crippen LogP contribution >= 0.6 is 7.82 Å². The largest absolute Gasteiger partial charge is 0.472 e. The number of rotatable bonds is 42. The molecule has 1 unspecified atom stereocenters. The average molecular weight is 788 g/mol. The Hall–Kier alpha value is -1.48. The number of unbranched alkanes of at least 4 members (excludes halogenated alkanes) is 28. The lowest BCUT2D eigenvalue weighted by Crippen LogP contribution is -2.46. The number of nitrogens with one attached hydrogen (secondary N) is 3. The van der Waals surface area contributed by atoms with E-state index in [4.69, 9.17) is 9.05 Å². The molecule has 10 nitrogen and oxygen atoms in total. The maximum absolute atomic E-state index is 12.8. The minimum Gasteiger partial charge on any atom is -0.354 e. The van der Waals surface area contributed by atoms with E-state index in [2.05, 4.69) is 29.8 Å². The van der Waals surface area contributed by atoms with E-state index in [1.807, 2.05) is 0 Å². The van der Waals surface area contributed by atoms with Crippen molar-refractivity contribution in [1.82, 2.24) is 16.0 Å². The van der Waals surface area contributed by atoms with Crippen LogP contribution in [0.25, 0.3) is 0 Å². The molecule has 0 rings (SSSR count). The van der Waals surface area contributed by atoms with Crippen molar-refractivity contribution in [3.8, 4) is 0 Å². The Balaban J connectivity index is 4.28. The Morgan fingerprint density at radius 3 is 1.24 bits per heavy atom. The van der Waals surface area contributed by atoms with Crippen molar-refractivity contribution in [3.05, 3.63) is 0 Å². The molecule has 2 atom stereocenters. The summed E-state index contributed by atoms with van der Waals surface area (Å²) < 4.78 is 22.5. The SMILES string of the molecule is CCCCCCCCCCCCCCCCCC(=O)NC[C@H](COP(=O)(O)OCCNC(C)=O)NC(=O)CCCCCCCCCCCCCCCCC. The number of amides is 3. The molecule has 11 heteroatoms. The second-order valence-electron chi connectivity index (χ2n) is 15.5. The van der Waals surface area contributed by atoms with Gasteiger partial charge in [0.25, 0.3) is 0 Å². The van der Waals surface area contributed by atoms with Gasteiger partial charge in [0.1, 0.15) is 0 Å². The predicted octanol–water partition coefficient (Wildman–Crippen LogP) is 11.4. The molecule has 320 valence electrons. The first kappa shape index (κ1) is 52.5. The summed E-state index contributed by atoms with van der Waals surface area (Å²) in [6.45, 7) is 5.53. The molecule has 54 heavy (non-hydrogen) atoms. The molecular weight excluding hydrogens is 701 g/mol. The molecular formula is C43H86N3O7P. The minimum atomic E-state index is -4.41. The van der Waals surface area contributed by atoms with Gasteiger partial charge in [-0.25, -0.2) is 4.57 Å². The Kier molecular flexibility index (Phi) is 38.7. The molecule has 0 fully saturated rings. The molecule has 0 saturated carbocycles. The van der Waals surface area contributed by atoms with Crippen LogP contribution in [-0.4, -0.2) is 55.0 Å². The summed E-state index contributed by atoms with van der Waals surface area (Å²) in [4.78, 5) is 46.5. The molecule has 0 aromatic carbocycles. The molecule has 0 heterocycles. The number of hydrogen-bond donors (Lipinski definition) is 4. The lowest BCUT2D eigenvalue weighted by atomic mass is 10.0. The number of carbonyl (C=O) groups is 3. The third-order valence-corrected chi connectivity index (χ3v) is 11.1. The first-order chi connectivity index (χ1) is 26.2. The summed E-state index contributed by atoms with van der Waals surface area (Å²) in [5.41, 5.74) is 0.